The number of hydrogen-bond acceptors (Lipinski definition) is 0. The van der Waals surface area contributed by atoms with E-state index in [2.05, 4.69) is 132 Å². The molecular formula is C32H24N2. The fraction of sp³-hybridized carbons (Fsp3) is 0.0625. The molecule has 0 aliphatic rings. The van der Waals surface area contributed by atoms with E-state index in [4.69, 9.17) is 0 Å². The second-order valence-electron chi connectivity index (χ2n) is 9.08. The maximum atomic E-state index is 2.38. The number of rotatable bonds is 2. The van der Waals surface area contributed by atoms with Gasteiger partial charge in [-0.05, 0) is 23.3 Å². The van der Waals surface area contributed by atoms with Crippen molar-refractivity contribution < 1.29 is 0 Å². The van der Waals surface area contributed by atoms with Crippen molar-refractivity contribution in [3.8, 4) is 22.3 Å². The Kier molecular flexibility index (Phi) is 4.01. The molecule has 34 heavy (non-hydrogen) atoms. The first-order valence-electron chi connectivity index (χ1n) is 11.8. The summed E-state index contributed by atoms with van der Waals surface area (Å²) in [5.41, 5.74) is 10.2. The maximum absolute atomic E-state index is 2.38. The standard InChI is InChI=1S/C32H24N2/c1-33-25-19-11-9-17-23(25)29-27(21-13-5-3-6-14-21)28(22-15-7-4-8-16-22)30-24-18-10-12-20-26(24)34(2)32(30)31(29)33/h3-20H,1-2H3. The van der Waals surface area contributed by atoms with Crippen molar-refractivity contribution in [2.45, 2.75) is 0 Å². The second kappa shape index (κ2) is 7.10. The van der Waals surface area contributed by atoms with Crippen molar-refractivity contribution in [3.05, 3.63) is 109 Å². The minimum absolute atomic E-state index is 1.25. The van der Waals surface area contributed by atoms with Crippen LogP contribution in [-0.2, 0) is 14.1 Å². The number of fused-ring (bicyclic) bond motifs is 7. The van der Waals surface area contributed by atoms with E-state index in [9.17, 15) is 0 Å². The summed E-state index contributed by atoms with van der Waals surface area (Å²) < 4.78 is 4.76. The number of hydrogen-bond donors (Lipinski definition) is 0. The highest BCUT2D eigenvalue weighted by Crippen LogP contribution is 2.50. The van der Waals surface area contributed by atoms with Gasteiger partial charge in [-0.3, -0.25) is 0 Å². The molecule has 0 saturated heterocycles. The molecule has 7 aromatic rings. The van der Waals surface area contributed by atoms with Crippen molar-refractivity contribution in [2.75, 3.05) is 0 Å². The minimum atomic E-state index is 1.25. The zero-order chi connectivity index (χ0) is 22.8. The molecule has 0 N–H and O–H groups in total. The highest BCUT2D eigenvalue weighted by atomic mass is 15.0. The molecule has 162 valence electrons. The summed E-state index contributed by atoms with van der Waals surface area (Å²) in [5, 5.41) is 5.23. The number of nitrogens with zero attached hydrogens (tertiary/aromatic N) is 2. The van der Waals surface area contributed by atoms with E-state index >= 15 is 0 Å². The smallest absolute Gasteiger partial charge is 0.0743 e. The zero-order valence-electron chi connectivity index (χ0n) is 19.3. The summed E-state index contributed by atoms with van der Waals surface area (Å²) in [4.78, 5) is 0. The van der Waals surface area contributed by atoms with Gasteiger partial charge in [0.05, 0.1) is 11.0 Å². The third kappa shape index (κ3) is 2.45. The Balaban J connectivity index is 1.90. The first-order valence-corrected chi connectivity index (χ1v) is 11.8. The molecule has 0 radical (unpaired) electrons. The van der Waals surface area contributed by atoms with Gasteiger partial charge in [0, 0.05) is 57.8 Å². The van der Waals surface area contributed by atoms with Gasteiger partial charge in [-0.1, -0.05) is 97.1 Å². The Morgan fingerprint density at radius 3 is 1.18 bits per heavy atom. The van der Waals surface area contributed by atoms with E-state index < -0.39 is 0 Å². The van der Waals surface area contributed by atoms with E-state index in [1.54, 1.807) is 0 Å². The molecule has 2 heterocycles. The summed E-state index contributed by atoms with van der Waals surface area (Å²) >= 11 is 0. The van der Waals surface area contributed by atoms with E-state index in [0.717, 1.165) is 0 Å². The molecule has 0 amide bonds. The lowest BCUT2D eigenvalue weighted by Crippen LogP contribution is -1.96. The van der Waals surface area contributed by atoms with Crippen molar-refractivity contribution in [1.82, 2.24) is 9.13 Å². The van der Waals surface area contributed by atoms with E-state index in [0.29, 0.717) is 0 Å². The Morgan fingerprint density at radius 2 is 0.765 bits per heavy atom. The molecule has 0 unspecified atom stereocenters. The van der Waals surface area contributed by atoms with Gasteiger partial charge in [0.1, 0.15) is 0 Å². The lowest BCUT2D eigenvalue weighted by molar-refractivity contribution is 0.986. The second-order valence-corrected chi connectivity index (χ2v) is 9.08. The van der Waals surface area contributed by atoms with Gasteiger partial charge < -0.3 is 9.13 Å². The third-order valence-electron chi connectivity index (χ3n) is 7.31. The van der Waals surface area contributed by atoms with Crippen LogP contribution >= 0.6 is 0 Å². The van der Waals surface area contributed by atoms with E-state index in [-0.39, 0.29) is 0 Å². The molecular weight excluding hydrogens is 412 g/mol. The predicted octanol–water partition coefficient (Wildman–Crippen LogP) is 8.31. The van der Waals surface area contributed by atoms with Gasteiger partial charge in [-0.15, -0.1) is 0 Å². The molecule has 2 nitrogen and oxygen atoms in total. The molecule has 0 aliphatic carbocycles. The van der Waals surface area contributed by atoms with Gasteiger partial charge in [-0.25, -0.2) is 0 Å². The molecule has 0 fully saturated rings. The molecule has 0 aliphatic heterocycles. The van der Waals surface area contributed by atoms with Crippen LogP contribution in [-0.4, -0.2) is 9.13 Å². The molecule has 0 atom stereocenters. The Hall–Kier alpha value is -4.30. The van der Waals surface area contributed by atoms with Crippen LogP contribution < -0.4 is 0 Å². The maximum Gasteiger partial charge on any atom is 0.0743 e. The summed E-state index contributed by atoms with van der Waals surface area (Å²) in [6.45, 7) is 0. The first-order chi connectivity index (χ1) is 16.8. The minimum Gasteiger partial charge on any atom is -0.342 e. The lowest BCUT2D eigenvalue weighted by atomic mass is 9.87. The van der Waals surface area contributed by atoms with Crippen LogP contribution in [0.1, 0.15) is 0 Å². The monoisotopic (exact) mass is 436 g/mol. The quantitative estimate of drug-likeness (QED) is 0.258. The van der Waals surface area contributed by atoms with Gasteiger partial charge in [0.15, 0.2) is 0 Å². The van der Waals surface area contributed by atoms with Crippen LogP contribution in [0.25, 0.3) is 65.9 Å². The Bertz CT molecular complexity index is 1710. The number of aromatic nitrogens is 2. The SMILES string of the molecule is Cn1c2ccccc2c2c(-c3ccccc3)c(-c3ccccc3)c3c4ccccc4n(C)c3c21. The number of aryl methyl sites for hydroxylation is 2. The van der Waals surface area contributed by atoms with Gasteiger partial charge in [0.2, 0.25) is 0 Å². The molecule has 0 spiro atoms. The molecule has 2 aromatic heterocycles. The normalized spacial score (nSPS) is 11.8. The first kappa shape index (κ1) is 19.2. The van der Waals surface area contributed by atoms with Gasteiger partial charge in [0.25, 0.3) is 0 Å². The van der Waals surface area contributed by atoms with Crippen LogP contribution in [0, 0.1) is 0 Å². The van der Waals surface area contributed by atoms with Crippen LogP contribution in [0.5, 0.6) is 0 Å². The van der Waals surface area contributed by atoms with E-state index in [1.807, 2.05) is 0 Å². The molecule has 0 bridgehead atoms. The average molecular weight is 437 g/mol. The van der Waals surface area contributed by atoms with Crippen molar-refractivity contribution in [3.63, 3.8) is 0 Å². The van der Waals surface area contributed by atoms with Crippen molar-refractivity contribution in [1.29, 1.82) is 0 Å². The van der Waals surface area contributed by atoms with E-state index in [1.165, 1.54) is 65.9 Å². The number of benzene rings is 5. The Labute approximate surface area is 198 Å². The largest absolute Gasteiger partial charge is 0.342 e. The van der Waals surface area contributed by atoms with Gasteiger partial charge in [-0.2, -0.15) is 0 Å². The zero-order valence-corrected chi connectivity index (χ0v) is 19.3. The number of para-hydroxylation sites is 2. The summed E-state index contributed by atoms with van der Waals surface area (Å²) in [6, 6.07) is 39.4. The molecule has 5 aromatic carbocycles. The highest BCUT2D eigenvalue weighted by molar-refractivity contribution is 6.32. The third-order valence-corrected chi connectivity index (χ3v) is 7.31. The van der Waals surface area contributed by atoms with Crippen LogP contribution in [0.3, 0.4) is 0 Å². The summed E-state index contributed by atoms with van der Waals surface area (Å²) in [7, 11) is 4.41. The van der Waals surface area contributed by atoms with Crippen LogP contribution in [0.15, 0.2) is 109 Å². The van der Waals surface area contributed by atoms with Crippen molar-refractivity contribution >= 4 is 43.6 Å². The fourth-order valence-electron chi connectivity index (χ4n) is 5.88. The molecule has 7 rings (SSSR count). The average Bonchev–Trinajstić information content (AvgIpc) is 3.36. The topological polar surface area (TPSA) is 9.86 Å². The van der Waals surface area contributed by atoms with Crippen LogP contribution in [0.2, 0.25) is 0 Å². The fourth-order valence-corrected chi connectivity index (χ4v) is 5.88. The lowest BCUT2D eigenvalue weighted by Gasteiger charge is -2.17. The molecule has 2 heteroatoms. The summed E-state index contributed by atoms with van der Waals surface area (Å²) in [5.74, 6) is 0. The highest BCUT2D eigenvalue weighted by Gasteiger charge is 2.25. The Morgan fingerprint density at radius 1 is 0.412 bits per heavy atom. The summed E-state index contributed by atoms with van der Waals surface area (Å²) in [6.07, 6.45) is 0. The van der Waals surface area contributed by atoms with Crippen LogP contribution in [0.4, 0.5) is 0 Å². The predicted molar refractivity (Wildman–Crippen MR) is 145 cm³/mol. The molecule has 0 saturated carbocycles. The van der Waals surface area contributed by atoms with Gasteiger partial charge >= 0.3 is 0 Å². The van der Waals surface area contributed by atoms with Crippen molar-refractivity contribution in [2.24, 2.45) is 14.1 Å².